The van der Waals surface area contributed by atoms with E-state index in [9.17, 15) is 13.5 Å². The summed E-state index contributed by atoms with van der Waals surface area (Å²) in [5.74, 6) is 0.136. The van der Waals surface area contributed by atoms with E-state index < -0.39 is 10.0 Å². The SMILES string of the molecule is Cc1cc(NS(=O)(=O)c2ccc(Cl)cc2)c(C)cc1O. The maximum absolute atomic E-state index is 12.2. The molecule has 2 rings (SSSR count). The van der Waals surface area contributed by atoms with Crippen molar-refractivity contribution < 1.29 is 13.5 Å². The van der Waals surface area contributed by atoms with Gasteiger partial charge in [-0.25, -0.2) is 8.42 Å². The fourth-order valence-electron chi connectivity index (χ4n) is 1.73. The lowest BCUT2D eigenvalue weighted by molar-refractivity contribution is 0.471. The van der Waals surface area contributed by atoms with Crippen LogP contribution in [0.15, 0.2) is 41.3 Å². The van der Waals surface area contributed by atoms with E-state index in [2.05, 4.69) is 4.72 Å². The molecule has 0 atom stereocenters. The number of nitrogens with one attached hydrogen (secondary N) is 1. The van der Waals surface area contributed by atoms with Gasteiger partial charge in [0.15, 0.2) is 0 Å². The summed E-state index contributed by atoms with van der Waals surface area (Å²) >= 11 is 5.74. The molecule has 0 bridgehead atoms. The van der Waals surface area contributed by atoms with Gasteiger partial charge in [0.2, 0.25) is 0 Å². The highest BCUT2D eigenvalue weighted by molar-refractivity contribution is 7.92. The van der Waals surface area contributed by atoms with E-state index >= 15 is 0 Å². The largest absolute Gasteiger partial charge is 0.508 e. The smallest absolute Gasteiger partial charge is 0.261 e. The normalized spacial score (nSPS) is 11.3. The third-order valence-electron chi connectivity index (χ3n) is 2.91. The van der Waals surface area contributed by atoms with Crippen molar-refractivity contribution in [2.45, 2.75) is 18.7 Å². The summed E-state index contributed by atoms with van der Waals surface area (Å²) in [6.45, 7) is 3.42. The molecular weight excluding hydrogens is 298 g/mol. The molecule has 2 aromatic rings. The fraction of sp³-hybridized carbons (Fsp3) is 0.143. The maximum atomic E-state index is 12.2. The molecule has 0 aliphatic rings. The lowest BCUT2D eigenvalue weighted by Gasteiger charge is -2.12. The van der Waals surface area contributed by atoms with Crippen molar-refractivity contribution in [3.63, 3.8) is 0 Å². The average Bonchev–Trinajstić information content (AvgIpc) is 2.36. The van der Waals surface area contributed by atoms with Crippen molar-refractivity contribution in [1.82, 2.24) is 0 Å². The average molecular weight is 312 g/mol. The summed E-state index contributed by atoms with van der Waals surface area (Å²) in [4.78, 5) is 0.132. The highest BCUT2D eigenvalue weighted by Crippen LogP contribution is 2.27. The Morgan fingerprint density at radius 1 is 1.05 bits per heavy atom. The van der Waals surface area contributed by atoms with Crippen molar-refractivity contribution in [3.05, 3.63) is 52.5 Å². The van der Waals surface area contributed by atoms with Gasteiger partial charge in [0.1, 0.15) is 5.75 Å². The first kappa shape index (κ1) is 14.7. The number of phenolic OH excluding ortho intramolecular Hbond substituents is 1. The Morgan fingerprint density at radius 3 is 2.25 bits per heavy atom. The van der Waals surface area contributed by atoms with Crippen LogP contribution in [0.3, 0.4) is 0 Å². The van der Waals surface area contributed by atoms with Crippen LogP contribution in [0.25, 0.3) is 0 Å². The third-order valence-corrected chi connectivity index (χ3v) is 4.54. The lowest BCUT2D eigenvalue weighted by Crippen LogP contribution is -2.13. The van der Waals surface area contributed by atoms with Crippen LogP contribution in [0.2, 0.25) is 5.02 Å². The highest BCUT2D eigenvalue weighted by Gasteiger charge is 2.15. The molecule has 0 saturated heterocycles. The van der Waals surface area contributed by atoms with Crippen LogP contribution in [0, 0.1) is 13.8 Å². The van der Waals surface area contributed by atoms with Crippen LogP contribution < -0.4 is 4.72 Å². The first-order chi connectivity index (χ1) is 9.29. The molecule has 0 radical (unpaired) electrons. The Balaban J connectivity index is 2.38. The number of anilines is 1. The number of hydrogen-bond donors (Lipinski definition) is 2. The predicted octanol–water partition coefficient (Wildman–Crippen LogP) is 3.46. The van der Waals surface area contributed by atoms with Gasteiger partial charge in [0, 0.05) is 5.02 Å². The second-order valence-electron chi connectivity index (χ2n) is 4.51. The molecule has 0 aliphatic heterocycles. The number of sulfonamides is 1. The molecule has 0 fully saturated rings. The van der Waals surface area contributed by atoms with Gasteiger partial charge in [-0.1, -0.05) is 11.6 Å². The van der Waals surface area contributed by atoms with Crippen molar-refractivity contribution in [1.29, 1.82) is 0 Å². The van der Waals surface area contributed by atoms with E-state index in [1.54, 1.807) is 19.9 Å². The Hall–Kier alpha value is -1.72. The summed E-state index contributed by atoms with van der Waals surface area (Å²) < 4.78 is 27.0. The molecular formula is C14H14ClNO3S. The Labute approximate surface area is 123 Å². The zero-order valence-electron chi connectivity index (χ0n) is 11.0. The van der Waals surface area contributed by atoms with E-state index in [1.807, 2.05) is 0 Å². The van der Waals surface area contributed by atoms with Gasteiger partial charge in [0.05, 0.1) is 10.6 Å². The van der Waals surface area contributed by atoms with Gasteiger partial charge in [-0.2, -0.15) is 0 Å². The molecule has 4 nitrogen and oxygen atoms in total. The van der Waals surface area contributed by atoms with Gasteiger partial charge in [0.25, 0.3) is 10.0 Å². The molecule has 0 spiro atoms. The van der Waals surface area contributed by atoms with E-state index in [-0.39, 0.29) is 10.6 Å². The molecule has 0 heterocycles. The number of phenols is 1. The molecule has 0 unspecified atom stereocenters. The molecule has 20 heavy (non-hydrogen) atoms. The molecule has 6 heteroatoms. The number of benzene rings is 2. The first-order valence-electron chi connectivity index (χ1n) is 5.88. The Kier molecular flexibility index (Phi) is 3.92. The highest BCUT2D eigenvalue weighted by atomic mass is 35.5. The molecule has 0 aromatic heterocycles. The standard InChI is InChI=1S/C14H14ClNO3S/c1-9-8-14(17)10(2)7-13(9)16-20(18,19)12-5-3-11(15)4-6-12/h3-8,16-17H,1-2H3. The van der Waals surface area contributed by atoms with Crippen LogP contribution in [-0.4, -0.2) is 13.5 Å². The van der Waals surface area contributed by atoms with E-state index in [0.717, 1.165) is 0 Å². The zero-order valence-corrected chi connectivity index (χ0v) is 12.6. The summed E-state index contributed by atoms with van der Waals surface area (Å²) in [6, 6.07) is 9.03. The number of aryl methyl sites for hydroxylation is 2. The quantitative estimate of drug-likeness (QED) is 0.853. The monoisotopic (exact) mass is 311 g/mol. The maximum Gasteiger partial charge on any atom is 0.261 e. The molecule has 0 aliphatic carbocycles. The van der Waals surface area contributed by atoms with Crippen molar-refractivity contribution in [2.24, 2.45) is 0 Å². The number of hydrogen-bond acceptors (Lipinski definition) is 3. The Bertz CT molecular complexity index is 740. The Morgan fingerprint density at radius 2 is 1.65 bits per heavy atom. The summed E-state index contributed by atoms with van der Waals surface area (Å²) in [5, 5.41) is 10.1. The third kappa shape index (κ3) is 3.05. The predicted molar refractivity (Wildman–Crippen MR) is 79.8 cm³/mol. The zero-order chi connectivity index (χ0) is 14.9. The van der Waals surface area contributed by atoms with Crippen LogP contribution in [0.5, 0.6) is 5.75 Å². The van der Waals surface area contributed by atoms with Gasteiger partial charge < -0.3 is 5.11 Å². The number of rotatable bonds is 3. The van der Waals surface area contributed by atoms with Gasteiger partial charge in [-0.3, -0.25) is 4.72 Å². The van der Waals surface area contributed by atoms with Crippen molar-refractivity contribution in [2.75, 3.05) is 4.72 Å². The fourth-order valence-corrected chi connectivity index (χ4v) is 2.98. The molecule has 2 aromatic carbocycles. The van der Waals surface area contributed by atoms with Crippen LogP contribution in [-0.2, 0) is 10.0 Å². The summed E-state index contributed by atoms with van der Waals surface area (Å²) in [5.41, 5.74) is 1.69. The number of aromatic hydroxyl groups is 1. The number of halogens is 1. The lowest BCUT2D eigenvalue weighted by atomic mass is 10.1. The van der Waals surface area contributed by atoms with Gasteiger partial charge in [-0.15, -0.1) is 0 Å². The minimum absolute atomic E-state index is 0.132. The first-order valence-corrected chi connectivity index (χ1v) is 7.74. The second-order valence-corrected chi connectivity index (χ2v) is 6.63. The van der Waals surface area contributed by atoms with Crippen LogP contribution >= 0.6 is 11.6 Å². The molecule has 0 amide bonds. The molecule has 106 valence electrons. The second kappa shape index (κ2) is 5.34. The minimum atomic E-state index is -3.67. The summed E-state index contributed by atoms with van der Waals surface area (Å²) in [6.07, 6.45) is 0. The molecule has 2 N–H and O–H groups in total. The van der Waals surface area contributed by atoms with E-state index in [0.29, 0.717) is 21.8 Å². The topological polar surface area (TPSA) is 66.4 Å². The summed E-state index contributed by atoms with van der Waals surface area (Å²) in [7, 11) is -3.67. The van der Waals surface area contributed by atoms with Crippen LogP contribution in [0.1, 0.15) is 11.1 Å². The van der Waals surface area contributed by atoms with E-state index in [1.165, 1.54) is 30.3 Å². The van der Waals surface area contributed by atoms with Crippen molar-refractivity contribution >= 4 is 27.3 Å². The minimum Gasteiger partial charge on any atom is -0.508 e. The van der Waals surface area contributed by atoms with Crippen molar-refractivity contribution in [3.8, 4) is 5.75 Å². The molecule has 0 saturated carbocycles. The van der Waals surface area contributed by atoms with Gasteiger partial charge >= 0.3 is 0 Å². The van der Waals surface area contributed by atoms with Gasteiger partial charge in [-0.05, 0) is 61.4 Å². The van der Waals surface area contributed by atoms with E-state index in [4.69, 9.17) is 11.6 Å². The van der Waals surface area contributed by atoms with Crippen LogP contribution in [0.4, 0.5) is 5.69 Å².